The number of phosphoric acid groups is 1. The van der Waals surface area contributed by atoms with Gasteiger partial charge in [0.15, 0.2) is 0 Å². The van der Waals surface area contributed by atoms with Gasteiger partial charge in [-0.1, -0.05) is 110 Å². The van der Waals surface area contributed by atoms with Crippen LogP contribution in [-0.4, -0.2) is 60.6 Å². The van der Waals surface area contributed by atoms with E-state index in [2.05, 4.69) is 28.1 Å². The van der Waals surface area contributed by atoms with Crippen molar-refractivity contribution in [2.45, 2.75) is 142 Å². The zero-order valence-corrected chi connectivity index (χ0v) is 25.8. The molecule has 0 aromatic rings. The van der Waals surface area contributed by atoms with E-state index in [4.69, 9.17) is 19.0 Å². The number of hydrogen-bond acceptors (Lipinski definition) is 4. The van der Waals surface area contributed by atoms with Crippen LogP contribution in [0.1, 0.15) is 136 Å². The van der Waals surface area contributed by atoms with Crippen LogP contribution in [0.5, 0.6) is 0 Å². The first-order valence-electron chi connectivity index (χ1n) is 15.1. The van der Waals surface area contributed by atoms with Crippen molar-refractivity contribution in [3.8, 4) is 0 Å². The second-order valence-corrected chi connectivity index (χ2v) is 13.1. The maximum Gasteiger partial charge on any atom is 0.469 e. The van der Waals surface area contributed by atoms with Crippen LogP contribution in [0.2, 0.25) is 0 Å². The fourth-order valence-corrected chi connectivity index (χ4v) is 5.34. The number of rotatable bonds is 26. The summed E-state index contributed by atoms with van der Waals surface area (Å²) in [5.74, 6) is -0.0171. The molecule has 0 saturated carbocycles. The highest BCUT2D eigenvalue weighted by molar-refractivity contribution is 7.46. The first kappa shape index (κ1) is 36.5. The Labute approximate surface area is 228 Å². The second kappa shape index (κ2) is 22.4. The van der Waals surface area contributed by atoms with Gasteiger partial charge in [0, 0.05) is 19.8 Å². The van der Waals surface area contributed by atoms with E-state index in [-0.39, 0.29) is 24.5 Å². The van der Waals surface area contributed by atoms with E-state index < -0.39 is 7.82 Å². The zero-order chi connectivity index (χ0) is 28.0. The van der Waals surface area contributed by atoms with E-state index in [9.17, 15) is 9.36 Å². The third-order valence-corrected chi connectivity index (χ3v) is 7.92. The first-order valence-corrected chi connectivity index (χ1v) is 16.6. The number of quaternary nitrogens is 1. The molecule has 0 aliphatic carbocycles. The van der Waals surface area contributed by atoms with Gasteiger partial charge in [-0.25, -0.2) is 4.57 Å². The van der Waals surface area contributed by atoms with Gasteiger partial charge < -0.3 is 19.0 Å². The van der Waals surface area contributed by atoms with Gasteiger partial charge in [-0.15, -0.1) is 0 Å². The molecule has 37 heavy (non-hydrogen) atoms. The molecule has 2 unspecified atom stereocenters. The Morgan fingerprint density at radius 2 is 1.19 bits per heavy atom. The van der Waals surface area contributed by atoms with Gasteiger partial charge >= 0.3 is 13.8 Å². The Morgan fingerprint density at radius 1 is 0.757 bits per heavy atom. The van der Waals surface area contributed by atoms with Gasteiger partial charge in [0.05, 0.1) is 40.4 Å². The average Bonchev–Trinajstić information content (AvgIpc) is 2.79. The fraction of sp³-hybridized carbons (Fsp3) is 0.966. The summed E-state index contributed by atoms with van der Waals surface area (Å²) in [5.41, 5.74) is 0. The third-order valence-electron chi connectivity index (χ3n) is 7.40. The number of unbranched alkanes of at least 4 members (excludes halogenated alkanes) is 15. The molecule has 0 aromatic carbocycles. The molecule has 0 fully saturated rings. The molecule has 0 saturated heterocycles. The van der Waals surface area contributed by atoms with Crippen LogP contribution >= 0.6 is 7.82 Å². The van der Waals surface area contributed by atoms with E-state index in [0.29, 0.717) is 17.5 Å². The number of hydrogen-bond donors (Lipinski definition) is 2. The van der Waals surface area contributed by atoms with Gasteiger partial charge in [-0.3, -0.25) is 9.32 Å². The molecule has 0 rings (SSSR count). The van der Waals surface area contributed by atoms with Crippen LogP contribution in [0.4, 0.5) is 0 Å². The molecule has 0 radical (unpaired) electrons. The van der Waals surface area contributed by atoms with E-state index in [1.54, 1.807) is 0 Å². The third kappa shape index (κ3) is 25.6. The minimum Gasteiger partial charge on any atom is -0.466 e. The van der Waals surface area contributed by atoms with Crippen molar-refractivity contribution >= 4 is 13.8 Å². The molecule has 0 heterocycles. The Bertz CT molecular complexity index is 589. The highest BCUT2D eigenvalue weighted by Gasteiger charge is 2.28. The summed E-state index contributed by atoms with van der Waals surface area (Å²) < 4.78 is 21.8. The van der Waals surface area contributed by atoms with Crippen molar-refractivity contribution in [2.24, 2.45) is 5.92 Å². The Kier molecular flexibility index (Phi) is 22.1. The van der Waals surface area contributed by atoms with E-state index >= 15 is 0 Å². The number of phosphoric ester groups is 1. The summed E-state index contributed by atoms with van der Waals surface area (Å²) in [7, 11) is 1.79. The number of esters is 1. The summed E-state index contributed by atoms with van der Waals surface area (Å²) in [6.45, 7) is 4.14. The monoisotopic (exact) mass is 550 g/mol. The zero-order valence-electron chi connectivity index (χ0n) is 24.9. The van der Waals surface area contributed by atoms with E-state index in [0.717, 1.165) is 19.3 Å². The molecule has 0 aliphatic heterocycles. The molecule has 2 N–H and O–H groups in total. The molecule has 222 valence electrons. The Balaban J connectivity index is 4.09. The normalized spacial score (nSPS) is 14.0. The van der Waals surface area contributed by atoms with Gasteiger partial charge in [0.25, 0.3) is 0 Å². The summed E-state index contributed by atoms with van der Waals surface area (Å²) >= 11 is 0. The maximum atomic E-state index is 11.4. The minimum atomic E-state index is -4.46. The van der Waals surface area contributed by atoms with Crippen molar-refractivity contribution in [1.82, 2.24) is 0 Å². The molecule has 2 atom stereocenters. The molecule has 0 spiro atoms. The molecule has 0 amide bonds. The largest absolute Gasteiger partial charge is 0.469 e. The fourth-order valence-electron chi connectivity index (χ4n) is 5.00. The number of carbonyl (C=O) groups excluding carboxylic acids is 1. The maximum absolute atomic E-state index is 11.4. The molecular weight excluding hydrogens is 489 g/mol. The lowest BCUT2D eigenvalue weighted by atomic mass is 9.91. The Morgan fingerprint density at radius 3 is 1.57 bits per heavy atom. The van der Waals surface area contributed by atoms with Gasteiger partial charge in [0.2, 0.25) is 0 Å². The number of carbonyl (C=O) groups is 1. The van der Waals surface area contributed by atoms with Crippen molar-refractivity contribution < 1.29 is 32.9 Å². The second-order valence-electron chi connectivity index (χ2n) is 11.9. The molecule has 0 aliphatic rings. The van der Waals surface area contributed by atoms with E-state index in [1.807, 2.05) is 0 Å². The predicted molar refractivity (Wildman–Crippen MR) is 153 cm³/mol. The minimum absolute atomic E-state index is 0.0177. The molecule has 8 heteroatoms. The van der Waals surface area contributed by atoms with Crippen LogP contribution in [0.3, 0.4) is 0 Å². The van der Waals surface area contributed by atoms with Crippen LogP contribution in [0.25, 0.3) is 0 Å². The highest BCUT2D eigenvalue weighted by atomic mass is 31.2. The first-order chi connectivity index (χ1) is 17.5. The lowest BCUT2D eigenvalue weighted by Crippen LogP contribution is -2.47. The van der Waals surface area contributed by atoms with Crippen molar-refractivity contribution in [2.75, 3.05) is 34.4 Å². The number of nitrogens with zero attached hydrogens (tertiary/aromatic N) is 1. The van der Waals surface area contributed by atoms with Crippen LogP contribution in [0.15, 0.2) is 0 Å². The average molecular weight is 551 g/mol. The summed E-state index contributed by atoms with van der Waals surface area (Å²) in [6.07, 6.45) is 23.9. The standard InChI is InChI=1S/C29H60NO6P/c1-6-7-8-9-10-11-12-13-14-15-16-17-18-19-20-21-22-28(26-35-27(2)31)25-29(30(3,4)5)23-24-36-37(32,33)34/h28-29H,6-26H2,1-5H3,(H-,32,33,34)/p+1. The topological polar surface area (TPSA) is 93.1 Å². The van der Waals surface area contributed by atoms with Crippen LogP contribution in [0, 0.1) is 5.92 Å². The predicted octanol–water partition coefficient (Wildman–Crippen LogP) is 7.78. The highest BCUT2D eigenvalue weighted by Crippen LogP contribution is 2.36. The van der Waals surface area contributed by atoms with Crippen LogP contribution in [-0.2, 0) is 18.6 Å². The Hall–Kier alpha value is -0.460. The lowest BCUT2D eigenvalue weighted by molar-refractivity contribution is -0.897. The SMILES string of the molecule is CCCCCCCCCCCCCCCCCCC(COC(C)=O)CC(CCOP(=O)(O)O)[N+](C)(C)C. The van der Waals surface area contributed by atoms with Gasteiger partial charge in [-0.2, -0.15) is 0 Å². The number of ether oxygens (including phenoxy) is 1. The van der Waals surface area contributed by atoms with Crippen LogP contribution < -0.4 is 0 Å². The molecular formula is C29H61NO6P+. The summed E-state index contributed by atoms with van der Waals surface area (Å²) in [5, 5.41) is 0. The summed E-state index contributed by atoms with van der Waals surface area (Å²) in [6, 6.07) is 0.160. The molecule has 0 bridgehead atoms. The lowest BCUT2D eigenvalue weighted by Gasteiger charge is -2.36. The van der Waals surface area contributed by atoms with Crippen molar-refractivity contribution in [3.63, 3.8) is 0 Å². The summed E-state index contributed by atoms with van der Waals surface area (Å²) in [4.78, 5) is 29.4. The van der Waals surface area contributed by atoms with E-state index in [1.165, 1.54) is 103 Å². The quantitative estimate of drug-likeness (QED) is 0.0494. The smallest absolute Gasteiger partial charge is 0.466 e. The van der Waals surface area contributed by atoms with Gasteiger partial charge in [-0.05, 0) is 12.3 Å². The van der Waals surface area contributed by atoms with Crippen molar-refractivity contribution in [3.05, 3.63) is 0 Å². The molecule has 0 aromatic heterocycles. The van der Waals surface area contributed by atoms with Gasteiger partial charge in [0.1, 0.15) is 0 Å². The molecule has 7 nitrogen and oxygen atoms in total. The van der Waals surface area contributed by atoms with Crippen molar-refractivity contribution in [1.29, 1.82) is 0 Å².